The summed E-state index contributed by atoms with van der Waals surface area (Å²) in [5.41, 5.74) is 3.89. The number of aromatic nitrogens is 2. The van der Waals surface area contributed by atoms with E-state index in [0.29, 0.717) is 6.61 Å². The zero-order chi connectivity index (χ0) is 13.6. The largest absolute Gasteiger partial charge is 0.374 e. The average Bonchev–Trinajstić information content (AvgIpc) is 2.79. The van der Waals surface area contributed by atoms with E-state index in [1.54, 1.807) is 0 Å². The van der Waals surface area contributed by atoms with Crippen molar-refractivity contribution in [2.24, 2.45) is 12.9 Å². The Balaban J connectivity index is 2.84. The summed E-state index contributed by atoms with van der Waals surface area (Å²) in [5, 5.41) is 4.19. The third kappa shape index (κ3) is 3.31. The lowest BCUT2D eigenvalue weighted by molar-refractivity contribution is -0.0719. The van der Waals surface area contributed by atoms with E-state index < -0.39 is 0 Å². The van der Waals surface area contributed by atoms with Crippen LogP contribution in [0.4, 0.5) is 0 Å². The van der Waals surface area contributed by atoms with Crippen LogP contribution in [0.1, 0.15) is 39.2 Å². The summed E-state index contributed by atoms with van der Waals surface area (Å²) >= 11 is 0. The minimum atomic E-state index is -0.209. The highest BCUT2D eigenvalue weighted by Gasteiger charge is 2.36. The van der Waals surface area contributed by atoms with Gasteiger partial charge in [0.15, 0.2) is 0 Å². The van der Waals surface area contributed by atoms with Crippen molar-refractivity contribution < 1.29 is 4.74 Å². The lowest BCUT2D eigenvalue weighted by Crippen LogP contribution is -2.55. The van der Waals surface area contributed by atoms with Crippen LogP contribution in [0.25, 0.3) is 0 Å². The molecule has 104 valence electrons. The summed E-state index contributed by atoms with van der Waals surface area (Å²) < 4.78 is 7.80. The maximum atomic E-state index is 5.99. The molecule has 1 atom stereocenters. The van der Waals surface area contributed by atoms with Crippen molar-refractivity contribution in [3.63, 3.8) is 0 Å². The maximum absolute atomic E-state index is 5.99. The number of hydrogen-bond donors (Lipinski definition) is 2. The van der Waals surface area contributed by atoms with Gasteiger partial charge in [0.2, 0.25) is 0 Å². The minimum absolute atomic E-state index is 0.0941. The molecule has 1 unspecified atom stereocenters. The molecule has 1 rings (SSSR count). The molecule has 3 N–H and O–H groups in total. The molecule has 5 heteroatoms. The van der Waals surface area contributed by atoms with Crippen LogP contribution in [0, 0.1) is 0 Å². The first kappa shape index (κ1) is 15.1. The fraction of sp³-hybridized carbons (Fsp3) is 0.769. The van der Waals surface area contributed by atoms with Crippen molar-refractivity contribution in [3.05, 3.63) is 18.0 Å². The predicted molar refractivity (Wildman–Crippen MR) is 73.0 cm³/mol. The molecule has 0 spiro atoms. The Bertz CT molecular complexity index is 347. The van der Waals surface area contributed by atoms with Crippen molar-refractivity contribution in [2.45, 2.75) is 51.7 Å². The van der Waals surface area contributed by atoms with E-state index in [4.69, 9.17) is 10.6 Å². The Morgan fingerprint density at radius 3 is 2.50 bits per heavy atom. The van der Waals surface area contributed by atoms with Gasteiger partial charge in [-0.25, -0.2) is 0 Å². The molecule has 0 bridgehead atoms. The third-order valence-corrected chi connectivity index (χ3v) is 3.66. The van der Waals surface area contributed by atoms with Crippen LogP contribution < -0.4 is 11.3 Å². The highest BCUT2D eigenvalue weighted by atomic mass is 16.5. The first-order valence-corrected chi connectivity index (χ1v) is 6.69. The summed E-state index contributed by atoms with van der Waals surface area (Å²) in [6.45, 7) is 7.02. The summed E-state index contributed by atoms with van der Waals surface area (Å²) in [4.78, 5) is 0. The number of nitrogens with two attached hydrogens (primary N) is 1. The van der Waals surface area contributed by atoms with Crippen molar-refractivity contribution in [2.75, 3.05) is 6.61 Å². The molecule has 0 saturated carbocycles. The van der Waals surface area contributed by atoms with Crippen molar-refractivity contribution in [1.29, 1.82) is 0 Å². The molecule has 0 fully saturated rings. The van der Waals surface area contributed by atoms with Gasteiger partial charge in [-0.05, 0) is 31.7 Å². The van der Waals surface area contributed by atoms with Gasteiger partial charge in [0.05, 0.1) is 17.8 Å². The van der Waals surface area contributed by atoms with Crippen LogP contribution in [-0.4, -0.2) is 28.0 Å². The van der Waals surface area contributed by atoms with E-state index in [1.807, 2.05) is 31.0 Å². The molecule has 1 heterocycles. The van der Waals surface area contributed by atoms with E-state index in [0.717, 1.165) is 19.3 Å². The standard InChI is InChI=1S/C13H26N4O/c1-5-13(6-2,18-7-3)12(16-14)8-11-9-15-17(4)10-11/h9-10,12,16H,5-8,14H2,1-4H3. The summed E-state index contributed by atoms with van der Waals surface area (Å²) in [7, 11) is 1.92. The molecule has 0 amide bonds. The molecule has 0 aliphatic heterocycles. The van der Waals surface area contributed by atoms with Gasteiger partial charge in [0.25, 0.3) is 0 Å². The molecular weight excluding hydrogens is 228 g/mol. The predicted octanol–water partition coefficient (Wildman–Crippen LogP) is 1.39. The Hall–Kier alpha value is -0.910. The van der Waals surface area contributed by atoms with E-state index in [2.05, 4.69) is 24.4 Å². The normalized spacial score (nSPS) is 13.8. The van der Waals surface area contributed by atoms with Gasteiger partial charge in [-0.15, -0.1) is 0 Å². The third-order valence-electron chi connectivity index (χ3n) is 3.66. The molecule has 1 aromatic heterocycles. The second-order valence-electron chi connectivity index (χ2n) is 4.65. The van der Waals surface area contributed by atoms with Crippen LogP contribution in [0.15, 0.2) is 12.4 Å². The second-order valence-corrected chi connectivity index (χ2v) is 4.65. The van der Waals surface area contributed by atoms with Crippen molar-refractivity contribution in [1.82, 2.24) is 15.2 Å². The van der Waals surface area contributed by atoms with Gasteiger partial charge in [-0.2, -0.15) is 5.10 Å². The SMILES string of the molecule is CCOC(CC)(CC)C(Cc1cnn(C)c1)NN. The highest BCUT2D eigenvalue weighted by molar-refractivity contribution is 5.09. The number of hydrogen-bond acceptors (Lipinski definition) is 4. The molecule has 0 aromatic carbocycles. The number of nitrogens with one attached hydrogen (secondary N) is 1. The topological polar surface area (TPSA) is 65.1 Å². The van der Waals surface area contributed by atoms with Crippen LogP contribution in [0.5, 0.6) is 0 Å². The quantitative estimate of drug-likeness (QED) is 0.543. The number of nitrogens with zero attached hydrogens (tertiary/aromatic N) is 2. The zero-order valence-electron chi connectivity index (χ0n) is 11.9. The van der Waals surface area contributed by atoms with E-state index in [9.17, 15) is 0 Å². The van der Waals surface area contributed by atoms with Gasteiger partial charge in [-0.3, -0.25) is 16.0 Å². The van der Waals surface area contributed by atoms with Crippen LogP contribution in [0.3, 0.4) is 0 Å². The first-order valence-electron chi connectivity index (χ1n) is 6.69. The first-order chi connectivity index (χ1) is 8.61. The molecule has 1 aromatic rings. The lowest BCUT2D eigenvalue weighted by atomic mass is 9.85. The fourth-order valence-corrected chi connectivity index (χ4v) is 2.54. The lowest BCUT2D eigenvalue weighted by Gasteiger charge is -2.39. The van der Waals surface area contributed by atoms with Crippen molar-refractivity contribution >= 4 is 0 Å². The van der Waals surface area contributed by atoms with Gasteiger partial charge >= 0.3 is 0 Å². The number of ether oxygens (including phenoxy) is 1. The Labute approximate surface area is 110 Å². The van der Waals surface area contributed by atoms with E-state index >= 15 is 0 Å². The Morgan fingerprint density at radius 2 is 2.11 bits per heavy atom. The fourth-order valence-electron chi connectivity index (χ4n) is 2.54. The monoisotopic (exact) mass is 254 g/mol. The van der Waals surface area contributed by atoms with Crippen LogP contribution in [0.2, 0.25) is 0 Å². The molecule has 18 heavy (non-hydrogen) atoms. The number of aryl methyl sites for hydroxylation is 1. The van der Waals surface area contributed by atoms with Crippen LogP contribution >= 0.6 is 0 Å². The molecule has 5 nitrogen and oxygen atoms in total. The molecule has 0 saturated heterocycles. The number of rotatable bonds is 8. The van der Waals surface area contributed by atoms with E-state index in [-0.39, 0.29) is 11.6 Å². The number of hydrazine groups is 1. The molecule has 0 aliphatic carbocycles. The van der Waals surface area contributed by atoms with Gasteiger partial charge in [-0.1, -0.05) is 13.8 Å². The average molecular weight is 254 g/mol. The van der Waals surface area contributed by atoms with E-state index in [1.165, 1.54) is 5.56 Å². The molecule has 0 radical (unpaired) electrons. The summed E-state index contributed by atoms with van der Waals surface area (Å²) in [5.74, 6) is 5.74. The minimum Gasteiger partial charge on any atom is -0.374 e. The molecule has 0 aliphatic rings. The Morgan fingerprint density at radius 1 is 1.44 bits per heavy atom. The summed E-state index contributed by atoms with van der Waals surface area (Å²) in [6.07, 6.45) is 6.60. The van der Waals surface area contributed by atoms with Gasteiger partial charge < -0.3 is 4.74 Å². The second kappa shape index (κ2) is 6.87. The maximum Gasteiger partial charge on any atom is 0.0846 e. The van der Waals surface area contributed by atoms with Crippen molar-refractivity contribution in [3.8, 4) is 0 Å². The Kier molecular flexibility index (Phi) is 5.78. The van der Waals surface area contributed by atoms with Crippen LogP contribution in [-0.2, 0) is 18.2 Å². The smallest absolute Gasteiger partial charge is 0.0846 e. The van der Waals surface area contributed by atoms with Gasteiger partial charge in [0, 0.05) is 19.9 Å². The molecular formula is C13H26N4O. The highest BCUT2D eigenvalue weighted by Crippen LogP contribution is 2.27. The summed E-state index contributed by atoms with van der Waals surface area (Å²) in [6, 6.07) is 0.0941. The zero-order valence-corrected chi connectivity index (χ0v) is 11.9. The van der Waals surface area contributed by atoms with Gasteiger partial charge in [0.1, 0.15) is 0 Å².